The van der Waals surface area contributed by atoms with Gasteiger partial charge in [0.05, 0.1) is 18.1 Å². The molecule has 0 saturated carbocycles. The van der Waals surface area contributed by atoms with Crippen LogP contribution in [0.3, 0.4) is 0 Å². The molecule has 0 aliphatic heterocycles. The highest BCUT2D eigenvalue weighted by Gasteiger charge is 2.23. The summed E-state index contributed by atoms with van der Waals surface area (Å²) in [6, 6.07) is -4.97. The number of nitrogens with two attached hydrogens (primary N) is 3. The predicted octanol–water partition coefficient (Wildman–Crippen LogP) is -2.18. The Bertz CT molecular complexity index is 549. The Balaban J connectivity index is 4.69. The second kappa shape index (κ2) is 10.7. The number of carbonyl (C=O) groups is 4. The molecule has 1 unspecified atom stereocenters. The largest absolute Gasteiger partial charge is 0.480 e. The van der Waals surface area contributed by atoms with Gasteiger partial charge in [0.25, 0.3) is 0 Å². The molecule has 0 aromatic heterocycles. The number of amides is 2. The lowest BCUT2D eigenvalue weighted by molar-refractivity contribution is -0.141. The average Bonchev–Trinajstić information content (AvgIpc) is 2.62. The fourth-order valence-electron chi connectivity index (χ4n) is 1.88. The summed E-state index contributed by atoms with van der Waals surface area (Å²) in [4.78, 5) is 46.6. The summed E-state index contributed by atoms with van der Waals surface area (Å²) >= 11 is 0. The van der Waals surface area contributed by atoms with Gasteiger partial charge in [-0.3, -0.25) is 19.2 Å². The number of rotatable bonds is 12. The lowest BCUT2D eigenvalue weighted by atomic mass is 10.00. The molecular weight excluding hydrogens is 330 g/mol. The van der Waals surface area contributed by atoms with Crippen LogP contribution in [0.4, 0.5) is 0 Å². The maximum Gasteiger partial charge on any atom is 0.325 e. The van der Waals surface area contributed by atoms with Gasteiger partial charge in [-0.1, -0.05) is 0 Å². The Labute approximate surface area is 149 Å². The van der Waals surface area contributed by atoms with Crippen molar-refractivity contribution in [3.05, 3.63) is 0 Å². The van der Waals surface area contributed by atoms with E-state index in [1.54, 1.807) is 0 Å². The topological polar surface area (TPSA) is 191 Å². The summed E-state index contributed by atoms with van der Waals surface area (Å²) in [6.07, 6.45) is 0.708. The van der Waals surface area contributed by atoms with Crippen LogP contribution in [0.2, 0.25) is 2.82 Å². The lowest BCUT2D eigenvalue weighted by Crippen LogP contribution is -2.52. The van der Waals surface area contributed by atoms with Gasteiger partial charge in [-0.2, -0.15) is 0 Å². The van der Waals surface area contributed by atoms with E-state index in [-0.39, 0.29) is 18.6 Å². The van der Waals surface area contributed by atoms with E-state index in [1.807, 2.05) is 5.73 Å². The van der Waals surface area contributed by atoms with Crippen LogP contribution in [-0.4, -0.2) is 58.9 Å². The fraction of sp³-hybridized carbons (Fsp3) is 0.733. The van der Waals surface area contributed by atoms with E-state index in [0.29, 0.717) is 11.7 Å². The number of carbonyl (C=O) groups excluding carboxylic acids is 3. The molecule has 0 aromatic carbocycles. The molecule has 0 aliphatic carbocycles. The van der Waals surface area contributed by atoms with Crippen molar-refractivity contribution < 1.29 is 27.1 Å². The maximum absolute atomic E-state index is 12.3. The SMILES string of the molecule is [2H]N[C@@H](CCCC(N)C(=O)[C@H](C)N)C(=O)N([2H])[C@@H](C)C(=O)N[C@@H](C)C(=O)O. The Morgan fingerprint density at radius 1 is 1.04 bits per heavy atom. The quantitative estimate of drug-likeness (QED) is 0.226. The van der Waals surface area contributed by atoms with Crippen LogP contribution in [0.1, 0.15) is 40.0 Å². The number of carboxylic acid groups (broad SMARTS) is 1. The molecule has 0 rings (SSSR count). The molecule has 25 heavy (non-hydrogen) atoms. The number of ketones is 1. The minimum Gasteiger partial charge on any atom is -0.480 e. The second-order valence-corrected chi connectivity index (χ2v) is 5.99. The van der Waals surface area contributed by atoms with E-state index in [1.165, 1.54) is 20.8 Å². The molecule has 0 saturated heterocycles. The molecule has 5 atom stereocenters. The molecule has 10 nitrogen and oxygen atoms in total. The fourth-order valence-corrected chi connectivity index (χ4v) is 1.88. The van der Waals surface area contributed by atoms with Crippen LogP contribution >= 0.6 is 0 Å². The summed E-state index contributed by atoms with van der Waals surface area (Å²) in [5.74, 6) is -3.19. The van der Waals surface area contributed by atoms with Gasteiger partial charge in [0.2, 0.25) is 11.8 Å². The van der Waals surface area contributed by atoms with Crippen molar-refractivity contribution in [2.45, 2.75) is 70.2 Å². The molecule has 0 fully saturated rings. The van der Waals surface area contributed by atoms with E-state index in [0.717, 1.165) is 0 Å². The summed E-state index contributed by atoms with van der Waals surface area (Å²) in [6.45, 7) is 4.05. The minimum absolute atomic E-state index is 0.123. The maximum atomic E-state index is 12.3. The molecule has 10 heteroatoms. The molecule has 0 aliphatic rings. The number of nitrogens with one attached hydrogen (secondary N) is 2. The number of aliphatic carboxylic acids is 1. The van der Waals surface area contributed by atoms with E-state index in [2.05, 4.69) is 5.32 Å². The number of hydrogen-bond donors (Lipinski definition) is 6. The zero-order chi connectivity index (χ0) is 21.3. The van der Waals surface area contributed by atoms with Gasteiger partial charge >= 0.3 is 5.97 Å². The zero-order valence-electron chi connectivity index (χ0n) is 16.7. The van der Waals surface area contributed by atoms with Crippen LogP contribution in [0, 0.1) is 0 Å². The Kier molecular flexibility index (Phi) is 8.29. The van der Waals surface area contributed by atoms with E-state index >= 15 is 0 Å². The van der Waals surface area contributed by atoms with Crippen molar-refractivity contribution >= 4 is 23.6 Å². The lowest BCUT2D eigenvalue weighted by Gasteiger charge is -2.19. The van der Waals surface area contributed by atoms with E-state index < -0.39 is 48.0 Å². The van der Waals surface area contributed by atoms with Gasteiger partial charge < -0.3 is 32.9 Å². The number of Topliss-reactive ketones (excluding diaryl/α,β-unsaturated/α-hetero) is 1. The van der Waals surface area contributed by atoms with Gasteiger partial charge in [0.15, 0.2) is 7.20 Å². The summed E-state index contributed by atoms with van der Waals surface area (Å²) in [5, 5.41) is 11.3. The standard InChI is InChI=1S/C15H29N5O5/c1-7(16)12(21)10(17)5-4-6-11(18)14(23)19-8(2)13(22)20-9(3)15(24)25/h7-11H,4-6,16-18H2,1-3H3,(H,19,23)(H,20,22)(H,24,25)/t7-,8-,9-,10?,11-/m0/s1/i/hD2. The first-order valence-electron chi connectivity index (χ1n) is 8.96. The highest BCUT2D eigenvalue weighted by molar-refractivity contribution is 5.91. The number of hydrogen-bond acceptors (Lipinski definition) is 7. The van der Waals surface area contributed by atoms with Crippen molar-refractivity contribution in [1.82, 2.24) is 10.6 Å². The smallest absolute Gasteiger partial charge is 0.325 e. The van der Waals surface area contributed by atoms with Gasteiger partial charge in [-0.05, 0) is 40.0 Å². The monoisotopic (exact) mass is 361 g/mol. The van der Waals surface area contributed by atoms with E-state index in [4.69, 9.17) is 19.4 Å². The van der Waals surface area contributed by atoms with Crippen LogP contribution in [0.15, 0.2) is 0 Å². The molecule has 144 valence electrons. The molecule has 0 spiro atoms. The first-order chi connectivity index (χ1) is 12.4. The Morgan fingerprint density at radius 2 is 1.60 bits per heavy atom. The predicted molar refractivity (Wildman–Crippen MR) is 91.3 cm³/mol. The highest BCUT2D eigenvalue weighted by atomic mass is 16.4. The van der Waals surface area contributed by atoms with Gasteiger partial charge in [-0.15, -0.1) is 0 Å². The van der Waals surface area contributed by atoms with Crippen LogP contribution in [0.25, 0.3) is 0 Å². The average molecular weight is 361 g/mol. The molecule has 0 bridgehead atoms. The summed E-state index contributed by atoms with van der Waals surface area (Å²) in [5.41, 5.74) is 13.2. The second-order valence-electron chi connectivity index (χ2n) is 5.99. The summed E-state index contributed by atoms with van der Waals surface area (Å²) < 4.78 is 15.1. The van der Waals surface area contributed by atoms with Crippen LogP contribution in [0.5, 0.6) is 0 Å². The molecule has 0 radical (unpaired) electrons. The molecule has 2 amide bonds. The van der Waals surface area contributed by atoms with Crippen molar-refractivity contribution in [1.29, 1.82) is 0 Å². The van der Waals surface area contributed by atoms with Crippen molar-refractivity contribution in [3.63, 3.8) is 0 Å². The Morgan fingerprint density at radius 3 is 2.08 bits per heavy atom. The Hall–Kier alpha value is -2.04. The minimum atomic E-state index is -1.25. The normalized spacial score (nSPS) is 18.0. The van der Waals surface area contributed by atoms with Crippen LogP contribution < -0.4 is 27.8 Å². The first-order valence-corrected chi connectivity index (χ1v) is 8.01. The van der Waals surface area contributed by atoms with Crippen molar-refractivity contribution in [2.24, 2.45) is 17.2 Å². The number of carboxylic acids is 1. The third kappa shape index (κ3) is 8.57. The third-order valence-electron chi connectivity index (χ3n) is 3.55. The summed E-state index contributed by atoms with van der Waals surface area (Å²) in [7, 11) is 0. The van der Waals surface area contributed by atoms with Gasteiger partial charge in [0, 0.05) is 0 Å². The molecule has 9 N–H and O–H groups in total. The van der Waals surface area contributed by atoms with Crippen molar-refractivity contribution in [2.75, 3.05) is 0 Å². The molecular formula is C15H29N5O5. The van der Waals surface area contributed by atoms with E-state index in [9.17, 15) is 19.2 Å². The van der Waals surface area contributed by atoms with Gasteiger partial charge in [-0.25, -0.2) is 0 Å². The third-order valence-corrected chi connectivity index (χ3v) is 3.55. The van der Waals surface area contributed by atoms with Crippen molar-refractivity contribution in [3.8, 4) is 0 Å². The van der Waals surface area contributed by atoms with Crippen LogP contribution in [-0.2, 0) is 19.2 Å². The first kappa shape index (κ1) is 19.3. The zero-order valence-corrected chi connectivity index (χ0v) is 14.7. The molecule has 0 aromatic rings. The highest BCUT2D eigenvalue weighted by Crippen LogP contribution is 2.04. The van der Waals surface area contributed by atoms with Gasteiger partial charge in [0.1, 0.15) is 13.5 Å². The molecule has 0 heterocycles.